The minimum Gasteiger partial charge on any atom is -0.496 e. The smallest absolute Gasteiger partial charge is 0.263 e. The normalized spacial score (nSPS) is 12.3. The van der Waals surface area contributed by atoms with Crippen molar-refractivity contribution in [2.24, 2.45) is 17.9 Å². The number of sulfonamides is 1. The van der Waals surface area contributed by atoms with Crippen molar-refractivity contribution < 1.29 is 17.9 Å². The number of hydrogen-bond donors (Lipinski definition) is 3. The molecule has 1 aromatic heterocycles. The average molecular weight is 487 g/mol. The van der Waals surface area contributed by atoms with Crippen LogP contribution >= 0.6 is 12.4 Å². The molecule has 4 N–H and O–H groups in total. The number of methoxy groups -OCH3 is 1. The number of nitrogens with zero attached hydrogens (tertiary/aromatic N) is 3. The molecule has 12 heteroatoms. The lowest BCUT2D eigenvalue weighted by molar-refractivity contribution is 0.0943. The zero-order valence-electron chi connectivity index (χ0n) is 18.9. The highest BCUT2D eigenvalue weighted by Crippen LogP contribution is 2.30. The summed E-state index contributed by atoms with van der Waals surface area (Å²) >= 11 is 0. The maximum atomic E-state index is 12.7. The number of ketones is 1. The molecule has 2 rings (SSSR count). The lowest BCUT2D eigenvalue weighted by atomic mass is 10.1. The van der Waals surface area contributed by atoms with Gasteiger partial charge in [0.2, 0.25) is 5.78 Å². The van der Waals surface area contributed by atoms with Crippen LogP contribution in [0.1, 0.15) is 40.2 Å². The largest absolute Gasteiger partial charge is 0.496 e. The van der Waals surface area contributed by atoms with E-state index in [0.717, 1.165) is 11.9 Å². The molecule has 1 atom stereocenters. The molecule has 0 aliphatic heterocycles. The average Bonchev–Trinajstić information content (AvgIpc) is 3.14. The summed E-state index contributed by atoms with van der Waals surface area (Å²) in [5.41, 5.74) is 10.6. The molecule has 2 aromatic rings. The first-order chi connectivity index (χ1) is 14.6. The Bertz CT molecular complexity index is 1070. The molecule has 0 radical (unpaired) electrons. The van der Waals surface area contributed by atoms with Crippen molar-refractivity contribution in [3.8, 4) is 5.75 Å². The molecule has 0 aliphatic rings. The van der Waals surface area contributed by atoms with Crippen LogP contribution in [0.5, 0.6) is 5.75 Å². The number of aryl methyl sites for hydroxylation is 2. The lowest BCUT2D eigenvalue weighted by Gasteiger charge is -2.15. The minimum atomic E-state index is -3.78. The number of nitrogens with one attached hydrogen (secondary N) is 2. The molecule has 0 unspecified atom stereocenters. The fourth-order valence-electron chi connectivity index (χ4n) is 3.21. The number of carbonyl (C=O) groups excluding carboxylic acids is 1. The number of ether oxygens (including phenoxy) is 1. The first kappa shape index (κ1) is 27.4. The van der Waals surface area contributed by atoms with E-state index in [4.69, 9.17) is 10.5 Å². The lowest BCUT2D eigenvalue weighted by Crippen LogP contribution is -2.33. The number of aromatic nitrogens is 2. The fraction of sp³-hybridized carbons (Fsp3) is 0.450. The van der Waals surface area contributed by atoms with Gasteiger partial charge in [-0.1, -0.05) is 0 Å². The fourth-order valence-corrected chi connectivity index (χ4v) is 4.56. The van der Waals surface area contributed by atoms with Gasteiger partial charge >= 0.3 is 0 Å². The predicted octanol–water partition coefficient (Wildman–Crippen LogP) is 1.58. The monoisotopic (exact) mass is 486 g/mol. The SMILES string of the molecule is COc1cc(C)c(S(=O)(=O)NC=NNCCC[C@H](N)C(=O)c2nccn2C)c(C)c1C.Cl. The number of hydrogen-bond acceptors (Lipinski definition) is 8. The van der Waals surface area contributed by atoms with Gasteiger partial charge in [0.1, 0.15) is 12.1 Å². The molecule has 0 aliphatic carbocycles. The first-order valence-corrected chi connectivity index (χ1v) is 11.3. The summed E-state index contributed by atoms with van der Waals surface area (Å²) in [5.74, 6) is 0.750. The third-order valence-corrected chi connectivity index (χ3v) is 6.59. The Balaban J connectivity index is 0.00000512. The van der Waals surface area contributed by atoms with Crippen molar-refractivity contribution in [2.45, 2.75) is 44.6 Å². The number of nitrogens with two attached hydrogens (primary N) is 1. The first-order valence-electron chi connectivity index (χ1n) is 9.78. The van der Waals surface area contributed by atoms with Crippen molar-refractivity contribution in [1.29, 1.82) is 0 Å². The van der Waals surface area contributed by atoms with E-state index in [2.05, 4.69) is 20.2 Å². The molecular formula is C20H31ClN6O4S. The van der Waals surface area contributed by atoms with Crippen molar-refractivity contribution in [1.82, 2.24) is 19.7 Å². The van der Waals surface area contributed by atoms with Crippen LogP contribution in [0.4, 0.5) is 0 Å². The zero-order chi connectivity index (χ0) is 23.2. The second-order valence-corrected chi connectivity index (χ2v) is 8.89. The van der Waals surface area contributed by atoms with E-state index in [-0.39, 0.29) is 23.1 Å². The maximum Gasteiger partial charge on any atom is 0.263 e. The number of imidazole rings is 1. The van der Waals surface area contributed by atoms with Gasteiger partial charge < -0.3 is 20.5 Å². The van der Waals surface area contributed by atoms with E-state index in [1.807, 2.05) is 6.92 Å². The zero-order valence-corrected chi connectivity index (χ0v) is 20.5. The van der Waals surface area contributed by atoms with E-state index < -0.39 is 16.1 Å². The van der Waals surface area contributed by atoms with Gasteiger partial charge in [0.25, 0.3) is 10.0 Å². The quantitative estimate of drug-likeness (QED) is 0.144. The van der Waals surface area contributed by atoms with Gasteiger partial charge in [0, 0.05) is 26.0 Å². The summed E-state index contributed by atoms with van der Waals surface area (Å²) in [7, 11) is -0.499. The van der Waals surface area contributed by atoms with Crippen molar-refractivity contribution in [3.05, 3.63) is 41.0 Å². The standard InChI is InChI=1S/C20H30N6O4S.ClH/c1-13-11-17(30-5)14(2)15(3)19(13)31(28,29)25-12-24-23-8-6-7-16(21)18(27)20-22-9-10-26(20)4;/h9-12,16,23H,6-8,21H2,1-5H3,(H,24,25);1H/t16-;/m0./s1. The number of halogens is 1. The number of carbonyl (C=O) groups is 1. The molecule has 0 spiro atoms. The molecule has 0 fully saturated rings. The Hall–Kier alpha value is -2.63. The molecule has 0 saturated carbocycles. The van der Waals surface area contributed by atoms with E-state index in [9.17, 15) is 13.2 Å². The Kier molecular flexibility index (Phi) is 10.1. The van der Waals surface area contributed by atoms with Crippen LogP contribution in [0.3, 0.4) is 0 Å². The summed E-state index contributed by atoms with van der Waals surface area (Å²) in [5, 5.41) is 3.87. The Morgan fingerprint density at radius 1 is 1.34 bits per heavy atom. The van der Waals surface area contributed by atoms with E-state index in [0.29, 0.717) is 42.1 Å². The van der Waals surface area contributed by atoms with Gasteiger partial charge in [0.15, 0.2) is 5.82 Å². The third kappa shape index (κ3) is 6.44. The van der Waals surface area contributed by atoms with Gasteiger partial charge in [-0.15, -0.1) is 12.4 Å². The third-order valence-electron chi connectivity index (χ3n) is 5.01. The van der Waals surface area contributed by atoms with Crippen molar-refractivity contribution in [3.63, 3.8) is 0 Å². The molecule has 0 amide bonds. The molecule has 1 aromatic carbocycles. The highest BCUT2D eigenvalue weighted by molar-refractivity contribution is 7.90. The van der Waals surface area contributed by atoms with Gasteiger partial charge in [-0.3, -0.25) is 9.52 Å². The number of Topliss-reactive ketones (excluding diaryl/α,β-unsaturated/α-hetero) is 1. The Morgan fingerprint density at radius 2 is 2.03 bits per heavy atom. The van der Waals surface area contributed by atoms with Crippen molar-refractivity contribution in [2.75, 3.05) is 13.7 Å². The second-order valence-electron chi connectivity index (χ2n) is 7.24. The van der Waals surface area contributed by atoms with Crippen LogP contribution in [0.15, 0.2) is 28.5 Å². The molecule has 32 heavy (non-hydrogen) atoms. The van der Waals surface area contributed by atoms with Gasteiger partial charge in [-0.05, 0) is 56.4 Å². The molecule has 10 nitrogen and oxygen atoms in total. The van der Waals surface area contributed by atoms with Crippen LogP contribution in [-0.2, 0) is 17.1 Å². The minimum absolute atomic E-state index is 0. The van der Waals surface area contributed by atoms with Crippen LogP contribution in [0.2, 0.25) is 0 Å². The Labute approximate surface area is 195 Å². The summed E-state index contributed by atoms with van der Waals surface area (Å²) < 4.78 is 34.6. The van der Waals surface area contributed by atoms with E-state index in [1.165, 1.54) is 0 Å². The highest BCUT2D eigenvalue weighted by Gasteiger charge is 2.22. The van der Waals surface area contributed by atoms with E-state index >= 15 is 0 Å². The van der Waals surface area contributed by atoms with Crippen LogP contribution < -0.4 is 20.6 Å². The van der Waals surface area contributed by atoms with Gasteiger partial charge in [-0.25, -0.2) is 13.4 Å². The molecule has 0 saturated heterocycles. The molecule has 1 heterocycles. The van der Waals surface area contributed by atoms with E-state index in [1.54, 1.807) is 51.0 Å². The van der Waals surface area contributed by atoms with Crippen LogP contribution in [-0.4, -0.2) is 49.8 Å². The van der Waals surface area contributed by atoms with Gasteiger partial charge in [-0.2, -0.15) is 5.10 Å². The summed E-state index contributed by atoms with van der Waals surface area (Å²) in [6.07, 6.45) is 5.36. The Morgan fingerprint density at radius 3 is 2.62 bits per heavy atom. The summed E-state index contributed by atoms with van der Waals surface area (Å²) in [4.78, 5) is 16.4. The second kappa shape index (κ2) is 11.8. The summed E-state index contributed by atoms with van der Waals surface area (Å²) in [6, 6.07) is 1.04. The number of benzene rings is 1. The maximum absolute atomic E-state index is 12.7. The summed E-state index contributed by atoms with van der Waals surface area (Å²) in [6.45, 7) is 5.70. The van der Waals surface area contributed by atoms with Gasteiger partial charge in [0.05, 0.1) is 18.0 Å². The predicted molar refractivity (Wildman–Crippen MR) is 126 cm³/mol. The number of hydrazone groups is 1. The molecule has 0 bridgehead atoms. The number of rotatable bonds is 11. The van der Waals surface area contributed by atoms with Crippen LogP contribution in [0.25, 0.3) is 0 Å². The topological polar surface area (TPSA) is 141 Å². The molecule has 178 valence electrons. The van der Waals surface area contributed by atoms with Crippen LogP contribution in [0, 0.1) is 20.8 Å². The van der Waals surface area contributed by atoms with Crippen molar-refractivity contribution >= 4 is 34.6 Å². The highest BCUT2D eigenvalue weighted by atomic mass is 35.5. The molecular weight excluding hydrogens is 456 g/mol.